The average Bonchev–Trinajstić information content (AvgIpc) is 1.64. The number of ether oxygens (including phenoxy) is 8. The largest absolute Gasteiger partial charge is 0.497 e. The fourth-order valence-electron chi connectivity index (χ4n) is 15.7. The third-order valence-electron chi connectivity index (χ3n) is 22.9. The van der Waals surface area contributed by atoms with Gasteiger partial charge in [0.25, 0.3) is 35.4 Å². The standard InChI is InChI=1S/C33H30F2N4O5.C24H20F2N4O3.C22H17ClF2N2O3.C10H13N3O2.C6H6N2O2.C4H9NO.C2H3BrO2/c1-42-24-9-7-21(29(16-24)43-2)18-39-19-28-30(33(39)41)22(15-27(37-28)31-25(34)4-3-5-26(31)35)14-23-8-6-20(17-36-23)32(40)38-10-12-44-13-11-38;25-17-2-1-3-18(26)22(17)19-11-15(21-20(29-19)13-28-23(21)31)10-16-5-4-14(12-27-16)24(32)30-6-8-33-9-7-30;1-29-13-7-6-12(19(8-13)30-2)10-27-11-18-20(22(27)28)14(23)9-17(26-18)21-15(24)4-3-5-16(21)25;11-9-2-1-8(7-12-9)10(14)13-3-5-15-6-4-13;7-5-2-1-4(3-8-5)6(9)10;1-3-6-4-2-5-1;1-2(4)5-3/h3-9,15-17H,10-14,18-19H2,1-2H3;1-5,11-12H,6-10,13H2,(H,28,31);3-9H,10-11H2,1-2H3;1-2,7H,3-6H2,(H2,11,12);1-3H,(H2,7,8)(H,9,10);5H,1-4H2;1H3. The Morgan fingerprint density at radius 3 is 1.13 bits per heavy atom. The minimum Gasteiger partial charge on any atom is -0.497 e. The third kappa shape index (κ3) is 27.2. The summed E-state index contributed by atoms with van der Waals surface area (Å²) in [5.41, 5.74) is 17.8. The van der Waals surface area contributed by atoms with E-state index in [9.17, 15) is 64.7 Å². The second-order valence-electron chi connectivity index (χ2n) is 32.3. The number of hydrogen-bond acceptors (Lipinski definition) is 27. The molecule has 0 unspecified atom stereocenters. The summed E-state index contributed by atoms with van der Waals surface area (Å²) in [5.74, 6) is -3.75. The van der Waals surface area contributed by atoms with Gasteiger partial charge in [0.15, 0.2) is 16.3 Å². The van der Waals surface area contributed by atoms with Crippen molar-refractivity contribution in [3.63, 3.8) is 0 Å². The van der Waals surface area contributed by atoms with E-state index in [0.717, 1.165) is 49.6 Å². The minimum atomic E-state index is -0.993. The summed E-state index contributed by atoms with van der Waals surface area (Å²) in [4.78, 5) is 134. The summed E-state index contributed by atoms with van der Waals surface area (Å²) in [6, 6.07) is 38.9. The number of carboxylic acid groups (broad SMARTS) is 1. The molecular formula is C101H98BrClF6N16O18. The zero-order valence-electron chi connectivity index (χ0n) is 78.0. The Bertz CT molecular complexity index is 6520. The first-order valence-electron chi connectivity index (χ1n) is 44.7. The Hall–Kier alpha value is -15.1. The van der Waals surface area contributed by atoms with Crippen molar-refractivity contribution in [2.45, 2.75) is 52.5 Å². The van der Waals surface area contributed by atoms with Gasteiger partial charge in [0.2, 0.25) is 0 Å². The van der Waals surface area contributed by atoms with Crippen LogP contribution >= 0.6 is 27.9 Å². The van der Waals surface area contributed by atoms with Crippen molar-refractivity contribution >= 4 is 86.9 Å². The van der Waals surface area contributed by atoms with Gasteiger partial charge in [-0.1, -0.05) is 29.8 Å². The lowest BCUT2D eigenvalue weighted by atomic mass is 9.98. The second kappa shape index (κ2) is 50.3. The maximum Gasteiger partial charge on any atom is 0.337 e. The highest BCUT2D eigenvalue weighted by Crippen LogP contribution is 2.40. The Labute approximate surface area is 830 Å². The normalized spacial score (nSPS) is 14.3. The highest BCUT2D eigenvalue weighted by Gasteiger charge is 2.37. The number of carboxylic acids is 1. The van der Waals surface area contributed by atoms with Crippen molar-refractivity contribution in [3.8, 4) is 56.8 Å². The molecule has 143 heavy (non-hydrogen) atoms. The van der Waals surface area contributed by atoms with Gasteiger partial charge in [0, 0.05) is 132 Å². The van der Waals surface area contributed by atoms with Crippen LogP contribution in [0.4, 0.5) is 38.0 Å². The monoisotopic (exact) mass is 2050 g/mol. The van der Waals surface area contributed by atoms with Crippen molar-refractivity contribution in [1.82, 2.24) is 70.0 Å². The van der Waals surface area contributed by atoms with Gasteiger partial charge in [-0.3, -0.25) is 43.5 Å². The number of nitrogens with two attached hydrogens (primary N) is 2. The number of amides is 6. The van der Waals surface area contributed by atoms with Crippen LogP contribution in [0.3, 0.4) is 0 Å². The number of nitrogens with one attached hydrogen (secondary N) is 2. The molecule has 7 aliphatic heterocycles. The van der Waals surface area contributed by atoms with Crippen LogP contribution in [-0.4, -0.2) is 246 Å². The van der Waals surface area contributed by atoms with E-state index in [0.29, 0.717) is 181 Å². The van der Waals surface area contributed by atoms with Crippen molar-refractivity contribution in [2.75, 3.05) is 145 Å². The van der Waals surface area contributed by atoms with Crippen LogP contribution in [0, 0.1) is 34.9 Å². The molecule has 14 heterocycles. The molecule has 7 aromatic heterocycles. The molecule has 0 bridgehead atoms. The number of aromatic nitrogens is 7. The van der Waals surface area contributed by atoms with E-state index in [1.165, 1.54) is 106 Å². The highest BCUT2D eigenvalue weighted by atomic mass is 79.9. The molecule has 0 radical (unpaired) electrons. The summed E-state index contributed by atoms with van der Waals surface area (Å²) in [6.45, 7) is 12.7. The van der Waals surface area contributed by atoms with Gasteiger partial charge in [0.1, 0.15) is 69.5 Å². The topological polar surface area (TPSA) is 422 Å². The number of carbonyl (C=O) groups is 8. The summed E-state index contributed by atoms with van der Waals surface area (Å²) < 4.78 is 133. The van der Waals surface area contributed by atoms with Crippen LogP contribution in [0.15, 0.2) is 183 Å². The Morgan fingerprint density at radius 2 is 0.790 bits per heavy atom. The van der Waals surface area contributed by atoms with Crippen LogP contribution < -0.4 is 41.0 Å². The lowest BCUT2D eigenvalue weighted by Gasteiger charge is -2.26. The van der Waals surface area contributed by atoms with Gasteiger partial charge in [-0.2, -0.15) is 0 Å². The molecule has 0 spiro atoms. The SMILES string of the molecule is C1COCCN1.CC(=O)OBr.COc1ccc(CN2Cc3nc(-c4c(F)cccc4F)cc(Cc4ccc(C(=O)N5CCOCC5)cn4)c3C2=O)c(OC)c1.COc1ccc(CN2Cc3nc(-c4c(F)cccc4F)cc(Cl)c3C2=O)c(OC)c1.Nc1ccc(C(=O)N2CCOCC2)cn1.Nc1ccc(C(=O)O)cn1.O=C1NCc2nc(-c3c(F)cccc3F)cc(Cc3ccc(C(=O)N4CCOCC4)cn3)c21. The predicted molar refractivity (Wildman–Crippen MR) is 514 cm³/mol. The number of carbonyl (C=O) groups excluding carboxylic acids is 7. The number of anilines is 2. The molecule has 12 aromatic rings. The number of aromatic carboxylic acids is 1. The predicted octanol–water partition coefficient (Wildman–Crippen LogP) is 13.2. The van der Waals surface area contributed by atoms with E-state index >= 15 is 0 Å². The number of benzene rings is 5. The highest BCUT2D eigenvalue weighted by molar-refractivity contribution is 9.06. The number of hydrogen-bond donors (Lipinski definition) is 5. The summed E-state index contributed by atoms with van der Waals surface area (Å²) in [7, 11) is 6.19. The molecule has 5 aromatic carbocycles. The Balaban J connectivity index is 0.000000155. The Morgan fingerprint density at radius 1 is 0.434 bits per heavy atom. The average molecular weight is 2050 g/mol. The molecule has 42 heteroatoms. The lowest BCUT2D eigenvalue weighted by Crippen LogP contribution is -2.40. The van der Waals surface area contributed by atoms with E-state index in [1.54, 1.807) is 113 Å². The number of fused-ring (bicyclic) bond motifs is 3. The van der Waals surface area contributed by atoms with Crippen molar-refractivity contribution in [2.24, 2.45) is 0 Å². The van der Waals surface area contributed by atoms with Gasteiger partial charge < -0.3 is 93.4 Å². The maximum atomic E-state index is 14.9. The van der Waals surface area contributed by atoms with Gasteiger partial charge in [-0.15, -0.1) is 0 Å². The number of morpholine rings is 4. The quantitative estimate of drug-likeness (QED) is 0.0469. The van der Waals surface area contributed by atoms with Crippen LogP contribution in [0.2, 0.25) is 5.02 Å². The molecule has 4 saturated heterocycles. The number of methoxy groups -OCH3 is 4. The molecule has 7 aliphatic rings. The van der Waals surface area contributed by atoms with Crippen molar-refractivity contribution in [3.05, 3.63) is 312 Å². The summed E-state index contributed by atoms with van der Waals surface area (Å²) in [5, 5.41) is 14.4. The summed E-state index contributed by atoms with van der Waals surface area (Å²) >= 11 is 8.78. The second-order valence-corrected chi connectivity index (χ2v) is 33.0. The molecule has 19 rings (SSSR count). The van der Waals surface area contributed by atoms with Gasteiger partial charge >= 0.3 is 11.9 Å². The molecule has 4 fully saturated rings. The lowest BCUT2D eigenvalue weighted by molar-refractivity contribution is -0.129. The van der Waals surface area contributed by atoms with Crippen molar-refractivity contribution < 1.29 is 112 Å². The fourth-order valence-corrected chi connectivity index (χ4v) is 16.0. The minimum absolute atomic E-state index is 0.00852. The third-order valence-corrected chi connectivity index (χ3v) is 23.6. The van der Waals surface area contributed by atoms with Gasteiger partial charge in [0.05, 0.1) is 209 Å². The zero-order chi connectivity index (χ0) is 102. The maximum absolute atomic E-state index is 14.9. The van der Waals surface area contributed by atoms with Gasteiger partial charge in [-0.25, -0.2) is 56.1 Å². The van der Waals surface area contributed by atoms with E-state index in [2.05, 4.69) is 65.6 Å². The molecule has 0 saturated carbocycles. The molecular weight excluding hydrogens is 1950 g/mol. The number of nitrogens with zero attached hydrogens (tertiary/aromatic N) is 12. The first-order chi connectivity index (χ1) is 69.0. The molecule has 746 valence electrons. The first-order valence-corrected chi connectivity index (χ1v) is 45.7. The van der Waals surface area contributed by atoms with Crippen LogP contribution in [-0.2, 0) is 73.1 Å². The first kappa shape index (κ1) is 105. The van der Waals surface area contributed by atoms with E-state index in [-0.39, 0.29) is 137 Å². The molecule has 7 N–H and O–H groups in total. The van der Waals surface area contributed by atoms with Crippen LogP contribution in [0.5, 0.6) is 23.0 Å². The van der Waals surface area contributed by atoms with E-state index in [4.69, 9.17) is 66.1 Å². The fraction of sp³-hybridized carbons (Fsp3) is 0.277. The Kier molecular flexibility index (Phi) is 37.0. The number of nitrogen functional groups attached to an aromatic ring is 2. The zero-order valence-corrected chi connectivity index (χ0v) is 80.4. The molecule has 6 amide bonds. The van der Waals surface area contributed by atoms with Crippen LogP contribution in [0.1, 0.15) is 130 Å². The van der Waals surface area contributed by atoms with E-state index in [1.807, 2.05) is 12.1 Å². The number of rotatable bonds is 19. The van der Waals surface area contributed by atoms with Gasteiger partial charge in [-0.05, 0) is 139 Å². The van der Waals surface area contributed by atoms with Crippen molar-refractivity contribution in [1.29, 1.82) is 0 Å². The smallest absolute Gasteiger partial charge is 0.337 e. The van der Waals surface area contributed by atoms with E-state index < -0.39 is 40.9 Å². The number of halogens is 8. The molecule has 34 nitrogen and oxygen atoms in total. The molecule has 0 atom stereocenters. The number of pyridine rings is 7. The molecule has 0 aliphatic carbocycles. The summed E-state index contributed by atoms with van der Waals surface area (Å²) in [6.07, 6.45) is 6.17. The van der Waals surface area contributed by atoms with Crippen LogP contribution in [0.25, 0.3) is 33.8 Å².